The number of oxazole rings is 1. The third-order valence-corrected chi connectivity index (χ3v) is 8.37. The van der Waals surface area contributed by atoms with Crippen LogP contribution in [0, 0.1) is 12.7 Å². The molecular weight excluding hydrogens is 493 g/mol. The van der Waals surface area contributed by atoms with Gasteiger partial charge in [0, 0.05) is 44.7 Å². The normalized spacial score (nSPS) is 18.7. The number of halogens is 1. The van der Waals surface area contributed by atoms with Crippen molar-refractivity contribution in [2.45, 2.75) is 17.9 Å². The maximum absolute atomic E-state index is 14.5. The molecule has 0 spiro atoms. The zero-order valence-electron chi connectivity index (χ0n) is 19.2. The summed E-state index contributed by atoms with van der Waals surface area (Å²) in [4.78, 5) is 18.6. The Morgan fingerprint density at radius 2 is 1.83 bits per heavy atom. The van der Waals surface area contributed by atoms with E-state index in [4.69, 9.17) is 13.9 Å². The van der Waals surface area contributed by atoms with Gasteiger partial charge >= 0.3 is 0 Å². The van der Waals surface area contributed by atoms with Gasteiger partial charge in [-0.3, -0.25) is 4.79 Å². The van der Waals surface area contributed by atoms with Gasteiger partial charge in [0.1, 0.15) is 18.7 Å². The summed E-state index contributed by atoms with van der Waals surface area (Å²) in [5.41, 5.74) is 2.83. The molecule has 6 rings (SSSR count). The second-order valence-corrected chi connectivity index (χ2v) is 10.9. The van der Waals surface area contributed by atoms with Crippen LogP contribution in [0.3, 0.4) is 0 Å². The van der Waals surface area contributed by atoms with Crippen LogP contribution in [-0.4, -0.2) is 73.0 Å². The quantitative estimate of drug-likeness (QED) is 0.523. The highest BCUT2D eigenvalue weighted by molar-refractivity contribution is 7.89. The lowest BCUT2D eigenvalue weighted by Gasteiger charge is -2.25. The molecule has 0 fully saturated rings. The van der Waals surface area contributed by atoms with Crippen LogP contribution in [0.1, 0.15) is 17.6 Å². The molecule has 1 aromatic heterocycles. The van der Waals surface area contributed by atoms with Crippen LogP contribution < -0.4 is 9.47 Å². The first kappa shape index (κ1) is 23.0. The Labute approximate surface area is 205 Å². The number of sulfonamides is 1. The van der Waals surface area contributed by atoms with Crippen molar-refractivity contribution in [3.63, 3.8) is 0 Å². The molecule has 36 heavy (non-hydrogen) atoms. The van der Waals surface area contributed by atoms with Gasteiger partial charge in [0.05, 0.1) is 4.90 Å². The summed E-state index contributed by atoms with van der Waals surface area (Å²) in [7, 11) is -4.01. The molecule has 1 N–H and O–H groups in total. The molecule has 10 nitrogen and oxygen atoms in total. The van der Waals surface area contributed by atoms with E-state index in [0.29, 0.717) is 22.6 Å². The van der Waals surface area contributed by atoms with Gasteiger partial charge in [-0.05, 0) is 23.3 Å². The van der Waals surface area contributed by atoms with Crippen LogP contribution in [-0.2, 0) is 14.8 Å². The number of hydrogen-bond donors (Lipinski definition) is 1. The van der Waals surface area contributed by atoms with Crippen molar-refractivity contribution in [3.8, 4) is 11.5 Å². The summed E-state index contributed by atoms with van der Waals surface area (Å²) in [6.07, 6.45) is -1.43. The summed E-state index contributed by atoms with van der Waals surface area (Å²) in [5, 5.41) is 10.8. The van der Waals surface area contributed by atoms with Gasteiger partial charge in [0.2, 0.25) is 10.0 Å². The SMILES string of the molecule is Cc1nc2c(C(O)C(=O)N3CC4=C(C3)CN(S(=O)(=O)c3cc(F)c5c(c3)OCCO5)C4)cccc2o1. The molecule has 4 heterocycles. The third-order valence-electron chi connectivity index (χ3n) is 6.60. The Morgan fingerprint density at radius 3 is 2.58 bits per heavy atom. The number of aliphatic hydroxyl groups excluding tert-OH is 1. The molecule has 1 atom stereocenters. The number of hydrogen-bond acceptors (Lipinski definition) is 8. The molecule has 3 aromatic rings. The van der Waals surface area contributed by atoms with E-state index >= 15 is 0 Å². The summed E-state index contributed by atoms with van der Waals surface area (Å²) in [6, 6.07) is 7.24. The topological polar surface area (TPSA) is 122 Å². The minimum absolute atomic E-state index is 0.0580. The molecule has 12 heteroatoms. The lowest BCUT2D eigenvalue weighted by molar-refractivity contribution is -0.139. The van der Waals surface area contributed by atoms with Gasteiger partial charge in [-0.2, -0.15) is 4.31 Å². The summed E-state index contributed by atoms with van der Waals surface area (Å²) in [6.45, 7) is 2.62. The van der Waals surface area contributed by atoms with Crippen LogP contribution in [0.15, 0.2) is 50.8 Å². The summed E-state index contributed by atoms with van der Waals surface area (Å²) < 4.78 is 58.3. The Balaban J connectivity index is 1.16. The maximum Gasteiger partial charge on any atom is 0.256 e. The fourth-order valence-electron chi connectivity index (χ4n) is 4.86. The van der Waals surface area contributed by atoms with E-state index in [1.54, 1.807) is 25.1 Å². The van der Waals surface area contributed by atoms with Crippen LogP contribution in [0.4, 0.5) is 4.39 Å². The van der Waals surface area contributed by atoms with Crippen molar-refractivity contribution in [2.24, 2.45) is 0 Å². The van der Waals surface area contributed by atoms with Gasteiger partial charge in [0.15, 0.2) is 34.9 Å². The number of aliphatic hydroxyl groups is 1. The first-order chi connectivity index (χ1) is 17.2. The van der Waals surface area contributed by atoms with E-state index in [2.05, 4.69) is 4.98 Å². The number of benzene rings is 2. The molecule has 3 aliphatic rings. The molecule has 3 aliphatic heterocycles. The molecule has 0 aliphatic carbocycles. The highest BCUT2D eigenvalue weighted by Gasteiger charge is 2.40. The molecule has 0 saturated carbocycles. The van der Waals surface area contributed by atoms with Crippen LogP contribution in [0.5, 0.6) is 11.5 Å². The fraction of sp³-hybridized carbons (Fsp3) is 0.333. The van der Waals surface area contributed by atoms with Crippen molar-refractivity contribution in [2.75, 3.05) is 39.4 Å². The first-order valence-electron chi connectivity index (χ1n) is 11.3. The number of ether oxygens (including phenoxy) is 2. The van der Waals surface area contributed by atoms with E-state index < -0.39 is 27.9 Å². The standard InChI is InChI=1S/C24H22FN3O7S/c1-13-26-21-17(3-2-4-19(21)35-13)22(29)24(30)27-9-14-11-28(12-15(14)10-27)36(31,32)16-7-18(25)23-20(8-16)33-5-6-34-23/h2-4,7-8,22,29H,5-6,9-12H2,1H3. The average molecular weight is 516 g/mol. The Bertz CT molecular complexity index is 1530. The van der Waals surface area contributed by atoms with Crippen molar-refractivity contribution in [3.05, 3.63) is 58.7 Å². The Morgan fingerprint density at radius 1 is 1.11 bits per heavy atom. The minimum Gasteiger partial charge on any atom is -0.486 e. The maximum atomic E-state index is 14.5. The summed E-state index contributed by atoms with van der Waals surface area (Å²) in [5.74, 6) is -0.901. The highest BCUT2D eigenvalue weighted by Crippen LogP contribution is 2.38. The number of aryl methyl sites for hydroxylation is 1. The zero-order valence-corrected chi connectivity index (χ0v) is 20.0. The number of aromatic nitrogens is 1. The predicted molar refractivity (Wildman–Crippen MR) is 123 cm³/mol. The lowest BCUT2D eigenvalue weighted by atomic mass is 10.1. The number of rotatable bonds is 4. The molecule has 0 bridgehead atoms. The van der Waals surface area contributed by atoms with Crippen LogP contribution in [0.2, 0.25) is 0 Å². The van der Waals surface area contributed by atoms with Gasteiger partial charge < -0.3 is 23.9 Å². The van der Waals surface area contributed by atoms with Crippen molar-refractivity contribution in [1.29, 1.82) is 0 Å². The van der Waals surface area contributed by atoms with E-state index in [-0.39, 0.29) is 55.8 Å². The largest absolute Gasteiger partial charge is 0.486 e. The van der Waals surface area contributed by atoms with E-state index in [1.807, 2.05) is 0 Å². The number of fused-ring (bicyclic) bond motifs is 2. The molecular formula is C24H22FN3O7S. The number of amides is 1. The Hall–Kier alpha value is -3.48. The number of carbonyl (C=O) groups excluding carboxylic acids is 1. The smallest absolute Gasteiger partial charge is 0.256 e. The second kappa shape index (κ2) is 8.29. The average Bonchev–Trinajstić information content (AvgIpc) is 3.55. The van der Waals surface area contributed by atoms with Crippen molar-refractivity contribution >= 4 is 27.0 Å². The van der Waals surface area contributed by atoms with Gasteiger partial charge in [-0.25, -0.2) is 17.8 Å². The highest BCUT2D eigenvalue weighted by atomic mass is 32.2. The first-order valence-corrected chi connectivity index (χ1v) is 12.8. The number of nitrogens with zero attached hydrogens (tertiary/aromatic N) is 3. The predicted octanol–water partition coefficient (Wildman–Crippen LogP) is 1.92. The monoisotopic (exact) mass is 515 g/mol. The Kier molecular flexibility index (Phi) is 5.28. The zero-order chi connectivity index (χ0) is 25.2. The number of para-hydroxylation sites is 1. The summed E-state index contributed by atoms with van der Waals surface area (Å²) >= 11 is 0. The minimum atomic E-state index is -4.01. The van der Waals surface area contributed by atoms with Crippen LogP contribution in [0.25, 0.3) is 11.1 Å². The van der Waals surface area contributed by atoms with Gasteiger partial charge in [-0.1, -0.05) is 12.1 Å². The molecule has 1 amide bonds. The van der Waals surface area contributed by atoms with Crippen molar-refractivity contribution in [1.82, 2.24) is 14.2 Å². The molecule has 0 saturated heterocycles. The molecule has 188 valence electrons. The van der Waals surface area contributed by atoms with E-state index in [1.165, 1.54) is 15.3 Å². The lowest BCUT2D eigenvalue weighted by Crippen LogP contribution is -2.38. The molecule has 2 aromatic carbocycles. The second-order valence-electron chi connectivity index (χ2n) is 8.93. The number of carbonyl (C=O) groups is 1. The van der Waals surface area contributed by atoms with E-state index in [9.17, 15) is 22.7 Å². The third kappa shape index (κ3) is 3.64. The van der Waals surface area contributed by atoms with E-state index in [0.717, 1.165) is 17.2 Å². The van der Waals surface area contributed by atoms with Gasteiger partial charge in [0.25, 0.3) is 5.91 Å². The fourth-order valence-corrected chi connectivity index (χ4v) is 6.32. The van der Waals surface area contributed by atoms with Gasteiger partial charge in [-0.15, -0.1) is 0 Å². The molecule has 0 radical (unpaired) electrons. The van der Waals surface area contributed by atoms with Crippen LogP contribution >= 0.6 is 0 Å². The molecule has 1 unspecified atom stereocenters. The van der Waals surface area contributed by atoms with Crippen molar-refractivity contribution < 1.29 is 36.6 Å².